The zero-order valence-electron chi connectivity index (χ0n) is 11.4. The molecule has 0 spiro atoms. The van der Waals surface area contributed by atoms with Gasteiger partial charge in [-0.05, 0) is 6.42 Å². The number of nitrogens with one attached hydrogen (secondary N) is 1. The topological polar surface area (TPSA) is 82.4 Å². The second-order valence-electron chi connectivity index (χ2n) is 4.50. The van der Waals surface area contributed by atoms with Crippen molar-refractivity contribution in [3.8, 4) is 6.07 Å². The number of unbranched alkanes of at least 4 members (excludes halogenated alkanes) is 2. The van der Waals surface area contributed by atoms with Crippen molar-refractivity contribution < 1.29 is 14.3 Å². The summed E-state index contributed by atoms with van der Waals surface area (Å²) in [5, 5.41) is 11.7. The molecule has 1 rings (SSSR count). The van der Waals surface area contributed by atoms with Crippen LogP contribution in [-0.2, 0) is 14.3 Å². The van der Waals surface area contributed by atoms with Gasteiger partial charge in [0.2, 0.25) is 17.7 Å². The highest BCUT2D eigenvalue weighted by Crippen LogP contribution is 2.06. The van der Waals surface area contributed by atoms with E-state index in [0.29, 0.717) is 32.8 Å². The average Bonchev–Trinajstić information content (AvgIpc) is 2.45. The fraction of sp³-hybridized carbons (Fsp3) is 0.769. The minimum absolute atomic E-state index is 0.418. The number of rotatable bonds is 6. The molecule has 19 heavy (non-hydrogen) atoms. The maximum absolute atomic E-state index is 12.0. The van der Waals surface area contributed by atoms with Crippen LogP contribution in [0, 0.1) is 17.2 Å². The van der Waals surface area contributed by atoms with Crippen molar-refractivity contribution in [1.82, 2.24) is 10.2 Å². The number of amides is 2. The summed E-state index contributed by atoms with van der Waals surface area (Å²) < 4.78 is 5.14. The Hall–Kier alpha value is -1.61. The molecular weight excluding hydrogens is 246 g/mol. The van der Waals surface area contributed by atoms with Crippen LogP contribution in [0.15, 0.2) is 0 Å². The van der Waals surface area contributed by atoms with E-state index < -0.39 is 17.7 Å². The molecular formula is C13H21N3O3. The molecule has 0 aliphatic carbocycles. The Labute approximate surface area is 113 Å². The molecule has 1 N–H and O–H groups in total. The van der Waals surface area contributed by atoms with Crippen molar-refractivity contribution in [2.24, 2.45) is 5.92 Å². The van der Waals surface area contributed by atoms with Crippen LogP contribution in [0.2, 0.25) is 0 Å². The first kappa shape index (κ1) is 15.4. The first-order valence-corrected chi connectivity index (χ1v) is 6.74. The van der Waals surface area contributed by atoms with Gasteiger partial charge < -0.3 is 15.0 Å². The molecule has 0 aromatic heterocycles. The van der Waals surface area contributed by atoms with Gasteiger partial charge in [0.15, 0.2) is 0 Å². The zero-order chi connectivity index (χ0) is 14.1. The molecule has 0 radical (unpaired) electrons. The molecule has 6 heteroatoms. The third kappa shape index (κ3) is 4.87. The van der Waals surface area contributed by atoms with Crippen molar-refractivity contribution in [3.63, 3.8) is 0 Å². The Bertz CT molecular complexity index is 346. The van der Waals surface area contributed by atoms with Crippen LogP contribution in [0.3, 0.4) is 0 Å². The molecule has 0 unspecified atom stereocenters. The van der Waals surface area contributed by atoms with E-state index >= 15 is 0 Å². The van der Waals surface area contributed by atoms with Crippen LogP contribution in [-0.4, -0.2) is 49.6 Å². The van der Waals surface area contributed by atoms with E-state index in [9.17, 15) is 9.59 Å². The highest BCUT2D eigenvalue weighted by atomic mass is 16.5. The Morgan fingerprint density at radius 3 is 2.63 bits per heavy atom. The molecule has 1 aliphatic heterocycles. The number of ether oxygens (including phenoxy) is 1. The van der Waals surface area contributed by atoms with Crippen LogP contribution < -0.4 is 5.32 Å². The van der Waals surface area contributed by atoms with Gasteiger partial charge in [-0.25, -0.2) is 0 Å². The van der Waals surface area contributed by atoms with E-state index in [1.165, 1.54) is 4.90 Å². The fourth-order valence-corrected chi connectivity index (χ4v) is 1.88. The Kier molecular flexibility index (Phi) is 6.90. The summed E-state index contributed by atoms with van der Waals surface area (Å²) in [6.07, 6.45) is 2.95. The lowest BCUT2D eigenvalue weighted by molar-refractivity contribution is -0.142. The van der Waals surface area contributed by atoms with Gasteiger partial charge >= 0.3 is 0 Å². The minimum atomic E-state index is -1.24. The number of nitriles is 1. The highest BCUT2D eigenvalue weighted by molar-refractivity contribution is 6.02. The van der Waals surface area contributed by atoms with Crippen LogP contribution in [0.25, 0.3) is 0 Å². The second-order valence-corrected chi connectivity index (χ2v) is 4.50. The molecule has 1 heterocycles. The first-order chi connectivity index (χ1) is 9.20. The van der Waals surface area contributed by atoms with Crippen LogP contribution >= 0.6 is 0 Å². The summed E-state index contributed by atoms with van der Waals surface area (Å²) in [6.45, 7) is 4.40. The number of carbonyl (C=O) groups is 2. The van der Waals surface area contributed by atoms with Gasteiger partial charge in [-0.1, -0.05) is 19.8 Å². The van der Waals surface area contributed by atoms with Crippen molar-refractivity contribution in [3.05, 3.63) is 0 Å². The normalized spacial score (nSPS) is 16.5. The van der Waals surface area contributed by atoms with E-state index in [-0.39, 0.29) is 0 Å². The highest BCUT2D eigenvalue weighted by Gasteiger charge is 2.31. The summed E-state index contributed by atoms with van der Waals surface area (Å²) in [6, 6.07) is 1.80. The fourth-order valence-electron chi connectivity index (χ4n) is 1.88. The smallest absolute Gasteiger partial charge is 0.249 e. The summed E-state index contributed by atoms with van der Waals surface area (Å²) in [5.74, 6) is -2.14. The predicted molar refractivity (Wildman–Crippen MR) is 69.0 cm³/mol. The Balaban J connectivity index is 2.44. The van der Waals surface area contributed by atoms with Gasteiger partial charge in [0.1, 0.15) is 0 Å². The summed E-state index contributed by atoms with van der Waals surface area (Å²) in [5.41, 5.74) is 0. The summed E-state index contributed by atoms with van der Waals surface area (Å²) in [7, 11) is 0. The van der Waals surface area contributed by atoms with Gasteiger partial charge in [0.25, 0.3) is 0 Å². The van der Waals surface area contributed by atoms with Crippen LogP contribution in [0.1, 0.15) is 26.2 Å². The monoisotopic (exact) mass is 267 g/mol. The Morgan fingerprint density at radius 1 is 1.37 bits per heavy atom. The number of hydrogen-bond donors (Lipinski definition) is 1. The number of nitrogens with zero attached hydrogens (tertiary/aromatic N) is 2. The molecule has 0 aromatic carbocycles. The van der Waals surface area contributed by atoms with E-state index in [1.54, 1.807) is 6.07 Å². The molecule has 6 nitrogen and oxygen atoms in total. The summed E-state index contributed by atoms with van der Waals surface area (Å²) in [4.78, 5) is 25.4. The number of morpholine rings is 1. The minimum Gasteiger partial charge on any atom is -0.378 e. The lowest BCUT2D eigenvalue weighted by atomic mass is 10.1. The molecule has 1 aliphatic rings. The third-order valence-electron chi connectivity index (χ3n) is 3.04. The van der Waals surface area contributed by atoms with Crippen LogP contribution in [0.5, 0.6) is 0 Å². The molecule has 0 saturated carbocycles. The lowest BCUT2D eigenvalue weighted by Gasteiger charge is -2.28. The maximum atomic E-state index is 12.0. The molecule has 1 fully saturated rings. The molecule has 0 bridgehead atoms. The van der Waals surface area contributed by atoms with Crippen molar-refractivity contribution in [2.45, 2.75) is 26.2 Å². The number of carbonyl (C=O) groups excluding carboxylic acids is 2. The molecule has 106 valence electrons. The van der Waals surface area contributed by atoms with E-state index in [4.69, 9.17) is 10.00 Å². The molecule has 0 aromatic rings. The van der Waals surface area contributed by atoms with Gasteiger partial charge in [0, 0.05) is 19.6 Å². The zero-order valence-corrected chi connectivity index (χ0v) is 11.4. The van der Waals surface area contributed by atoms with Gasteiger partial charge in [0.05, 0.1) is 19.3 Å². The van der Waals surface area contributed by atoms with Crippen LogP contribution in [0.4, 0.5) is 0 Å². The predicted octanol–water partition coefficient (Wildman–Crippen LogP) is 0.291. The number of hydrogen-bond acceptors (Lipinski definition) is 4. The van der Waals surface area contributed by atoms with Crippen molar-refractivity contribution >= 4 is 11.8 Å². The first-order valence-electron chi connectivity index (χ1n) is 6.74. The van der Waals surface area contributed by atoms with Crippen molar-refractivity contribution in [2.75, 3.05) is 32.8 Å². The summed E-state index contributed by atoms with van der Waals surface area (Å²) >= 11 is 0. The largest absolute Gasteiger partial charge is 0.378 e. The molecule has 1 saturated heterocycles. The van der Waals surface area contributed by atoms with Crippen molar-refractivity contribution in [1.29, 1.82) is 5.26 Å². The lowest BCUT2D eigenvalue weighted by Crippen LogP contribution is -2.47. The standard InChI is InChI=1S/C13H21N3O3/c1-2-3-4-5-15-12(17)11(10-14)13(18)16-6-8-19-9-7-16/h11H,2-9H2,1H3,(H,15,17)/t11-/m1/s1. The third-order valence-corrected chi connectivity index (χ3v) is 3.04. The van der Waals surface area contributed by atoms with E-state index in [2.05, 4.69) is 12.2 Å². The molecule has 2 amide bonds. The van der Waals surface area contributed by atoms with Gasteiger partial charge in [-0.15, -0.1) is 0 Å². The van der Waals surface area contributed by atoms with E-state index in [0.717, 1.165) is 19.3 Å². The molecule has 1 atom stereocenters. The van der Waals surface area contributed by atoms with E-state index in [1.807, 2.05) is 0 Å². The second kappa shape index (κ2) is 8.48. The quantitative estimate of drug-likeness (QED) is 0.554. The average molecular weight is 267 g/mol. The Morgan fingerprint density at radius 2 is 2.05 bits per heavy atom. The maximum Gasteiger partial charge on any atom is 0.249 e. The van der Waals surface area contributed by atoms with Gasteiger partial charge in [-0.2, -0.15) is 5.26 Å². The SMILES string of the molecule is CCCCCNC(=O)[C@@H](C#N)C(=O)N1CCOCC1. The van der Waals surface area contributed by atoms with Gasteiger partial charge in [-0.3, -0.25) is 9.59 Å².